The normalized spacial score (nSPS) is 11.2. The number of hydrogen-bond donors (Lipinski definition) is 0. The van der Waals surface area contributed by atoms with Crippen LogP contribution in [0.5, 0.6) is 0 Å². The Morgan fingerprint density at radius 1 is 1.23 bits per heavy atom. The van der Waals surface area contributed by atoms with Crippen molar-refractivity contribution in [2.45, 2.75) is 6.92 Å². The van der Waals surface area contributed by atoms with Gasteiger partial charge in [0.25, 0.3) is 5.91 Å². The van der Waals surface area contributed by atoms with Crippen LogP contribution in [0, 0.1) is 6.92 Å². The summed E-state index contributed by atoms with van der Waals surface area (Å²) >= 11 is 3.18. The van der Waals surface area contributed by atoms with Crippen LogP contribution >= 0.6 is 22.7 Å². The van der Waals surface area contributed by atoms with Crippen LogP contribution in [0.3, 0.4) is 0 Å². The van der Waals surface area contributed by atoms with Crippen molar-refractivity contribution in [1.82, 2.24) is 9.88 Å². The highest BCUT2D eigenvalue weighted by molar-refractivity contribution is 7.22. The third kappa shape index (κ3) is 5.14. The summed E-state index contributed by atoms with van der Waals surface area (Å²) < 4.78 is 1.11. The van der Waals surface area contributed by atoms with Gasteiger partial charge in [-0.2, -0.15) is 0 Å². The van der Waals surface area contributed by atoms with Crippen LogP contribution in [0.15, 0.2) is 41.8 Å². The number of nitrogens with zero attached hydrogens (tertiary/aromatic N) is 3. The Hall–Kier alpha value is -1.73. The second-order valence-corrected chi connectivity index (χ2v) is 8.10. The lowest BCUT2D eigenvalue weighted by atomic mass is 10.2. The molecule has 0 aliphatic heterocycles. The number of hydrogen-bond acceptors (Lipinski definition) is 5. The Morgan fingerprint density at radius 2 is 2.04 bits per heavy atom. The molecule has 138 valence electrons. The van der Waals surface area contributed by atoms with E-state index >= 15 is 0 Å². The number of carbonyl (C=O) groups is 1. The van der Waals surface area contributed by atoms with Crippen LogP contribution in [0.25, 0.3) is 16.3 Å². The minimum atomic E-state index is -0.0361. The maximum absolute atomic E-state index is 12.8. The molecule has 0 bridgehead atoms. The van der Waals surface area contributed by atoms with E-state index in [0.29, 0.717) is 6.54 Å². The van der Waals surface area contributed by atoms with Gasteiger partial charge in [0.2, 0.25) is 0 Å². The topological polar surface area (TPSA) is 36.4 Å². The molecule has 0 fully saturated rings. The molecule has 4 nitrogen and oxygen atoms in total. The first-order chi connectivity index (χ1) is 12.0. The molecule has 2 aromatic heterocycles. The van der Waals surface area contributed by atoms with Crippen LogP contribution in [0.2, 0.25) is 0 Å². The van der Waals surface area contributed by atoms with Crippen LogP contribution in [0.1, 0.15) is 10.4 Å². The van der Waals surface area contributed by atoms with Gasteiger partial charge in [0.1, 0.15) is 0 Å². The fourth-order valence-corrected chi connectivity index (χ4v) is 4.08. The van der Waals surface area contributed by atoms with Gasteiger partial charge < -0.3 is 17.3 Å². The third-order valence-corrected chi connectivity index (χ3v) is 5.61. The van der Waals surface area contributed by atoms with E-state index in [-0.39, 0.29) is 18.3 Å². The number of amides is 1. The van der Waals surface area contributed by atoms with Crippen LogP contribution in [-0.2, 0) is 4.79 Å². The number of aryl methyl sites for hydroxylation is 1. The molecule has 0 aliphatic carbocycles. The van der Waals surface area contributed by atoms with E-state index in [0.717, 1.165) is 26.8 Å². The number of aromatic nitrogens is 1. The summed E-state index contributed by atoms with van der Waals surface area (Å²) in [5.74, 6) is -0.0361. The first kappa shape index (κ1) is 20.6. The summed E-state index contributed by atoms with van der Waals surface area (Å²) in [5, 5.41) is 2.76. The van der Waals surface area contributed by atoms with Crippen molar-refractivity contribution in [2.24, 2.45) is 0 Å². The van der Waals surface area contributed by atoms with Gasteiger partial charge in [-0.1, -0.05) is 23.5 Å². The maximum Gasteiger partial charge on any atom is 0.252 e. The quantitative estimate of drug-likeness (QED) is 0.578. The van der Waals surface area contributed by atoms with Gasteiger partial charge in [0.15, 0.2) is 5.13 Å². The molecule has 0 saturated carbocycles. The summed E-state index contributed by atoms with van der Waals surface area (Å²) in [4.78, 5) is 22.4. The summed E-state index contributed by atoms with van der Waals surface area (Å²) in [6.45, 7) is 3.46. The van der Waals surface area contributed by atoms with E-state index in [1.165, 1.54) is 5.56 Å². The van der Waals surface area contributed by atoms with Gasteiger partial charge in [-0.15, -0.1) is 11.3 Å². The average molecular weight is 407 g/mol. The zero-order valence-corrected chi connectivity index (χ0v) is 17.4. The van der Waals surface area contributed by atoms with Gasteiger partial charge in [-0.25, -0.2) is 4.98 Å². The first-order valence-corrected chi connectivity index (χ1v) is 9.77. The molecule has 0 unspecified atom stereocenters. The molecule has 0 atom stereocenters. The van der Waals surface area contributed by atoms with Gasteiger partial charge in [0, 0.05) is 24.0 Å². The number of thiazole rings is 1. The number of likely N-dealkylation sites (N-methyl/N-ethyl adjacent to an activating group) is 1. The molecule has 1 amide bonds. The van der Waals surface area contributed by atoms with E-state index < -0.39 is 0 Å². The zero-order chi connectivity index (χ0) is 17.8. The predicted molar refractivity (Wildman–Crippen MR) is 109 cm³/mol. The zero-order valence-electron chi connectivity index (χ0n) is 15.0. The average Bonchev–Trinajstić information content (AvgIpc) is 3.21. The second kappa shape index (κ2) is 9.28. The van der Waals surface area contributed by atoms with Crippen molar-refractivity contribution < 1.29 is 17.2 Å². The van der Waals surface area contributed by atoms with E-state index in [2.05, 4.69) is 28.9 Å². The molecule has 7 heteroatoms. The number of fused-ring (bicyclic) bond motifs is 1. The van der Waals surface area contributed by atoms with Crippen molar-refractivity contribution in [2.75, 3.05) is 32.1 Å². The fraction of sp³-hybridized carbons (Fsp3) is 0.263. The molecule has 2 heterocycles. The number of anilines is 1. The Balaban J connectivity index is 0.00000243. The predicted octanol–water partition coefficient (Wildman–Crippen LogP) is 1.28. The SMILES string of the molecule is Cc1ccc2nc(N(CCN(C)C)C(=O)/C=C/c3cccs3)sc2c1.[Cl-]. The van der Waals surface area contributed by atoms with Gasteiger partial charge in [-0.05, 0) is 56.2 Å². The highest BCUT2D eigenvalue weighted by Crippen LogP contribution is 2.29. The molecule has 0 radical (unpaired) electrons. The lowest BCUT2D eigenvalue weighted by Gasteiger charge is -2.20. The lowest BCUT2D eigenvalue weighted by Crippen LogP contribution is -3.00. The van der Waals surface area contributed by atoms with Crippen molar-refractivity contribution in [3.63, 3.8) is 0 Å². The molecule has 0 spiro atoms. The van der Waals surface area contributed by atoms with Crippen LogP contribution in [-0.4, -0.2) is 43.0 Å². The highest BCUT2D eigenvalue weighted by atomic mass is 35.5. The smallest absolute Gasteiger partial charge is 0.252 e. The molecule has 0 saturated heterocycles. The third-order valence-electron chi connectivity index (χ3n) is 3.73. The standard InChI is InChI=1S/C19H21N3OS2.ClH/c1-14-6-8-16-17(13-14)25-19(20-16)22(11-10-21(2)3)18(23)9-7-15-5-4-12-24-15;/h4-9,12-13H,10-11H2,1-3H3;1H/p-1/b9-7+;. The van der Waals surface area contributed by atoms with E-state index in [1.807, 2.05) is 43.8 Å². The number of thiophene rings is 1. The van der Waals surface area contributed by atoms with Crippen molar-refractivity contribution >= 4 is 50.0 Å². The van der Waals surface area contributed by atoms with Crippen molar-refractivity contribution in [3.05, 3.63) is 52.2 Å². The van der Waals surface area contributed by atoms with Crippen molar-refractivity contribution in [3.8, 4) is 0 Å². The molecular formula is C19H21ClN3OS2-. The maximum atomic E-state index is 12.8. The molecular weight excluding hydrogens is 386 g/mol. The molecule has 26 heavy (non-hydrogen) atoms. The molecule has 0 N–H and O–H groups in total. The van der Waals surface area contributed by atoms with E-state index in [9.17, 15) is 4.79 Å². The summed E-state index contributed by atoms with van der Waals surface area (Å²) in [6.07, 6.45) is 3.51. The molecule has 3 rings (SSSR count). The number of rotatable bonds is 6. The fourth-order valence-electron chi connectivity index (χ4n) is 2.36. The van der Waals surface area contributed by atoms with Crippen molar-refractivity contribution in [1.29, 1.82) is 0 Å². The Kier molecular flexibility index (Phi) is 7.34. The van der Waals surface area contributed by atoms with E-state index in [1.54, 1.807) is 33.6 Å². The minimum absolute atomic E-state index is 0. The van der Waals surface area contributed by atoms with Crippen LogP contribution in [0.4, 0.5) is 5.13 Å². The van der Waals surface area contributed by atoms with Gasteiger partial charge in [-0.3, -0.25) is 9.69 Å². The van der Waals surface area contributed by atoms with Crippen LogP contribution < -0.4 is 17.3 Å². The largest absolute Gasteiger partial charge is 1.00 e. The van der Waals surface area contributed by atoms with Gasteiger partial charge in [0.05, 0.1) is 10.2 Å². The lowest BCUT2D eigenvalue weighted by molar-refractivity contribution is -0.114. The number of benzene rings is 1. The number of halogens is 1. The molecule has 3 aromatic rings. The summed E-state index contributed by atoms with van der Waals surface area (Å²) in [7, 11) is 4.01. The van der Waals surface area contributed by atoms with Gasteiger partial charge >= 0.3 is 0 Å². The minimum Gasteiger partial charge on any atom is -1.00 e. The second-order valence-electron chi connectivity index (χ2n) is 6.11. The molecule has 1 aromatic carbocycles. The number of carbonyl (C=O) groups excluding carboxylic acids is 1. The highest BCUT2D eigenvalue weighted by Gasteiger charge is 2.18. The first-order valence-electron chi connectivity index (χ1n) is 8.08. The Morgan fingerprint density at radius 3 is 2.73 bits per heavy atom. The van der Waals surface area contributed by atoms with E-state index in [4.69, 9.17) is 0 Å². The Labute approximate surface area is 168 Å². The monoisotopic (exact) mass is 406 g/mol. The summed E-state index contributed by atoms with van der Waals surface area (Å²) in [6, 6.07) is 10.2. The Bertz CT molecular complexity index is 887. The molecule has 0 aliphatic rings. The summed E-state index contributed by atoms with van der Waals surface area (Å²) in [5.41, 5.74) is 2.14.